The van der Waals surface area contributed by atoms with E-state index in [-0.39, 0.29) is 0 Å². The fraction of sp³-hybridized carbons (Fsp3) is 0.385. The van der Waals surface area contributed by atoms with E-state index in [1.807, 2.05) is 0 Å². The van der Waals surface area contributed by atoms with Crippen LogP contribution in [-0.2, 0) is 13.0 Å². The van der Waals surface area contributed by atoms with Crippen LogP contribution < -0.4 is 5.32 Å². The average Bonchev–Trinajstić information content (AvgIpc) is 2.72. The second-order valence-corrected chi connectivity index (χ2v) is 5.79. The Morgan fingerprint density at radius 3 is 2.47 bits per heavy atom. The lowest BCUT2D eigenvalue weighted by atomic mass is 10.1. The van der Waals surface area contributed by atoms with Gasteiger partial charge in [0.25, 0.3) is 0 Å². The van der Waals surface area contributed by atoms with E-state index in [2.05, 4.69) is 29.4 Å². The highest BCUT2D eigenvalue weighted by Gasteiger charge is 2.06. The van der Waals surface area contributed by atoms with Crippen LogP contribution in [-0.4, -0.2) is 10.2 Å². The molecule has 0 amide bonds. The highest BCUT2D eigenvalue weighted by Crippen LogP contribution is 2.19. The van der Waals surface area contributed by atoms with Gasteiger partial charge in [0.15, 0.2) is 0 Å². The molecule has 0 aliphatic rings. The summed E-state index contributed by atoms with van der Waals surface area (Å²) in [6.07, 6.45) is 0.883. The van der Waals surface area contributed by atoms with Crippen LogP contribution in [0.25, 0.3) is 0 Å². The second kappa shape index (κ2) is 6.06. The maximum Gasteiger partial charge on any atom is 0.205 e. The van der Waals surface area contributed by atoms with E-state index in [0.29, 0.717) is 23.2 Å². The van der Waals surface area contributed by atoms with Gasteiger partial charge in [-0.3, -0.25) is 0 Å². The molecule has 2 aromatic rings. The number of halogens is 2. The van der Waals surface area contributed by atoms with E-state index in [1.165, 1.54) is 23.5 Å². The Bertz CT molecular complexity index is 534. The molecule has 0 unspecified atom stereocenters. The molecule has 1 N–H and O–H groups in total. The van der Waals surface area contributed by atoms with Crippen molar-refractivity contribution in [1.29, 1.82) is 0 Å². The van der Waals surface area contributed by atoms with Crippen LogP contribution in [0.4, 0.5) is 13.9 Å². The smallest absolute Gasteiger partial charge is 0.205 e. The minimum absolute atomic E-state index is 0.324. The van der Waals surface area contributed by atoms with Crippen LogP contribution in [0.3, 0.4) is 0 Å². The summed E-state index contributed by atoms with van der Waals surface area (Å²) in [5, 5.41) is 12.7. The first-order valence-corrected chi connectivity index (χ1v) is 6.86. The van der Waals surface area contributed by atoms with Crippen molar-refractivity contribution in [1.82, 2.24) is 10.2 Å². The first-order valence-electron chi connectivity index (χ1n) is 6.04. The Morgan fingerprint density at radius 2 is 1.84 bits per heavy atom. The summed E-state index contributed by atoms with van der Waals surface area (Å²) in [7, 11) is 0. The van der Waals surface area contributed by atoms with Gasteiger partial charge < -0.3 is 5.32 Å². The number of hydrogen-bond acceptors (Lipinski definition) is 4. The van der Waals surface area contributed by atoms with Crippen molar-refractivity contribution >= 4 is 16.5 Å². The molecular weight excluding hydrogens is 268 g/mol. The van der Waals surface area contributed by atoms with Gasteiger partial charge >= 0.3 is 0 Å². The van der Waals surface area contributed by atoms with Crippen LogP contribution in [0, 0.1) is 17.6 Å². The molecule has 0 radical (unpaired) electrons. The molecule has 0 bridgehead atoms. The second-order valence-electron chi connectivity index (χ2n) is 4.73. The lowest BCUT2D eigenvalue weighted by molar-refractivity contribution is 0.580. The third-order valence-electron chi connectivity index (χ3n) is 2.42. The van der Waals surface area contributed by atoms with Crippen LogP contribution in [0.15, 0.2) is 18.2 Å². The molecule has 0 atom stereocenters. The van der Waals surface area contributed by atoms with Crippen LogP contribution in [0.1, 0.15) is 24.4 Å². The number of nitrogens with one attached hydrogen (secondary N) is 1. The number of rotatable bonds is 5. The molecule has 0 aliphatic heterocycles. The van der Waals surface area contributed by atoms with Gasteiger partial charge in [0.05, 0.1) is 0 Å². The summed E-state index contributed by atoms with van der Waals surface area (Å²) < 4.78 is 26.0. The first-order chi connectivity index (χ1) is 9.02. The molecule has 102 valence electrons. The molecule has 1 heterocycles. The third-order valence-corrected chi connectivity index (χ3v) is 3.32. The summed E-state index contributed by atoms with van der Waals surface area (Å²) in [5.41, 5.74) is 0.540. The van der Waals surface area contributed by atoms with Crippen molar-refractivity contribution < 1.29 is 8.78 Å². The lowest BCUT2D eigenvalue weighted by Crippen LogP contribution is -2.00. The first kappa shape index (κ1) is 13.9. The number of benzene rings is 1. The summed E-state index contributed by atoms with van der Waals surface area (Å²) in [6, 6.07) is 3.45. The minimum Gasteiger partial charge on any atom is -0.356 e. The van der Waals surface area contributed by atoms with Crippen molar-refractivity contribution in [2.45, 2.75) is 26.8 Å². The topological polar surface area (TPSA) is 37.8 Å². The zero-order valence-electron chi connectivity index (χ0n) is 10.8. The molecular formula is C13H15F2N3S. The maximum absolute atomic E-state index is 13.0. The maximum atomic E-state index is 13.0. The van der Waals surface area contributed by atoms with E-state index in [4.69, 9.17) is 0 Å². The summed E-state index contributed by atoms with van der Waals surface area (Å²) >= 11 is 1.47. The van der Waals surface area contributed by atoms with Crippen molar-refractivity contribution in [3.05, 3.63) is 40.4 Å². The van der Waals surface area contributed by atoms with Gasteiger partial charge in [0, 0.05) is 19.0 Å². The summed E-state index contributed by atoms with van der Waals surface area (Å²) in [4.78, 5) is 0. The Labute approximate surface area is 114 Å². The van der Waals surface area contributed by atoms with Crippen LogP contribution in [0.5, 0.6) is 0 Å². The molecule has 19 heavy (non-hydrogen) atoms. The highest BCUT2D eigenvalue weighted by atomic mass is 32.1. The van der Waals surface area contributed by atoms with Gasteiger partial charge in [-0.15, -0.1) is 10.2 Å². The zero-order valence-corrected chi connectivity index (χ0v) is 11.6. The summed E-state index contributed by atoms with van der Waals surface area (Å²) in [5.74, 6) is -0.623. The molecule has 0 spiro atoms. The Kier molecular flexibility index (Phi) is 4.42. The number of anilines is 1. The van der Waals surface area contributed by atoms with Crippen molar-refractivity contribution in [2.24, 2.45) is 5.92 Å². The van der Waals surface area contributed by atoms with Gasteiger partial charge in [-0.1, -0.05) is 25.2 Å². The molecule has 0 saturated heterocycles. The largest absolute Gasteiger partial charge is 0.356 e. The average molecular weight is 283 g/mol. The van der Waals surface area contributed by atoms with E-state index >= 15 is 0 Å². The number of aromatic nitrogens is 2. The fourth-order valence-corrected chi connectivity index (χ4v) is 2.59. The molecule has 3 nitrogen and oxygen atoms in total. The van der Waals surface area contributed by atoms with Gasteiger partial charge in [-0.2, -0.15) is 0 Å². The van der Waals surface area contributed by atoms with E-state index in [1.54, 1.807) is 0 Å². The Morgan fingerprint density at radius 1 is 1.16 bits per heavy atom. The van der Waals surface area contributed by atoms with E-state index < -0.39 is 11.6 Å². The normalized spacial score (nSPS) is 11.0. The molecule has 1 aromatic heterocycles. The van der Waals surface area contributed by atoms with Gasteiger partial charge in [0.2, 0.25) is 5.13 Å². The molecule has 0 aliphatic carbocycles. The van der Waals surface area contributed by atoms with Crippen molar-refractivity contribution in [3.63, 3.8) is 0 Å². The predicted octanol–water partition coefficient (Wildman–Crippen LogP) is 3.63. The highest BCUT2D eigenvalue weighted by molar-refractivity contribution is 7.15. The molecule has 0 fully saturated rings. The lowest BCUT2D eigenvalue weighted by Gasteiger charge is -2.03. The number of nitrogens with zero attached hydrogens (tertiary/aromatic N) is 2. The summed E-state index contributed by atoms with van der Waals surface area (Å²) in [6.45, 7) is 4.55. The van der Waals surface area contributed by atoms with E-state index in [9.17, 15) is 8.78 Å². The number of hydrogen-bond donors (Lipinski definition) is 1. The quantitative estimate of drug-likeness (QED) is 0.910. The van der Waals surface area contributed by atoms with Crippen LogP contribution >= 0.6 is 11.3 Å². The molecule has 6 heteroatoms. The van der Waals surface area contributed by atoms with Crippen molar-refractivity contribution in [3.8, 4) is 0 Å². The minimum atomic E-state index is -0.574. The van der Waals surface area contributed by atoms with Gasteiger partial charge in [-0.05, 0) is 23.6 Å². The standard InChI is InChI=1S/C13H15F2N3S/c1-8(2)3-12-17-18-13(19-12)16-7-9-4-10(14)6-11(15)5-9/h4-6,8H,3,7H2,1-2H3,(H,16,18). The van der Waals surface area contributed by atoms with Crippen LogP contribution in [0.2, 0.25) is 0 Å². The van der Waals surface area contributed by atoms with Gasteiger partial charge in [-0.25, -0.2) is 8.78 Å². The van der Waals surface area contributed by atoms with Crippen molar-refractivity contribution in [2.75, 3.05) is 5.32 Å². The third kappa shape index (κ3) is 4.24. The zero-order chi connectivity index (χ0) is 13.8. The SMILES string of the molecule is CC(C)Cc1nnc(NCc2cc(F)cc(F)c2)s1. The molecule has 2 rings (SSSR count). The fourth-order valence-electron chi connectivity index (χ4n) is 1.65. The Balaban J connectivity index is 1.96. The predicted molar refractivity (Wildman–Crippen MR) is 72.1 cm³/mol. The Hall–Kier alpha value is -1.56. The van der Waals surface area contributed by atoms with Gasteiger partial charge in [0.1, 0.15) is 16.6 Å². The molecule has 0 saturated carbocycles. The molecule has 1 aromatic carbocycles. The van der Waals surface area contributed by atoms with E-state index in [0.717, 1.165) is 17.5 Å². The monoisotopic (exact) mass is 283 g/mol.